The molecule has 2 atom stereocenters. The Balaban J connectivity index is 2.73. The fourth-order valence-electron chi connectivity index (χ4n) is 1.70. The Morgan fingerprint density at radius 1 is 1.33 bits per heavy atom. The molecule has 2 unspecified atom stereocenters. The monoisotopic (exact) mass is 261 g/mol. The maximum atomic E-state index is 12.5. The fourth-order valence-corrected chi connectivity index (χ4v) is 1.70. The van der Waals surface area contributed by atoms with Crippen molar-refractivity contribution < 1.29 is 17.9 Å². The van der Waals surface area contributed by atoms with E-state index in [1.807, 2.05) is 13.8 Å². The molecule has 0 saturated carbocycles. The number of hydrogen-bond acceptors (Lipinski definition) is 2. The zero-order valence-corrected chi connectivity index (χ0v) is 10.5. The van der Waals surface area contributed by atoms with Crippen LogP contribution in [0.5, 0.6) is 0 Å². The van der Waals surface area contributed by atoms with Gasteiger partial charge in [-0.2, -0.15) is 13.2 Å². The Morgan fingerprint density at radius 2 is 2.00 bits per heavy atom. The number of alkyl halides is 3. The molecule has 1 rings (SSSR count). The number of hydrogen-bond donors (Lipinski definition) is 1. The molecule has 0 aromatic heterocycles. The van der Waals surface area contributed by atoms with Crippen LogP contribution in [0.15, 0.2) is 24.3 Å². The van der Waals surface area contributed by atoms with Gasteiger partial charge in [0.25, 0.3) is 0 Å². The van der Waals surface area contributed by atoms with Gasteiger partial charge in [-0.05, 0) is 31.9 Å². The van der Waals surface area contributed by atoms with Crippen molar-refractivity contribution in [2.24, 2.45) is 5.73 Å². The average molecular weight is 261 g/mol. The summed E-state index contributed by atoms with van der Waals surface area (Å²) in [5.74, 6) is 0. The van der Waals surface area contributed by atoms with Gasteiger partial charge in [0.15, 0.2) is 0 Å². The molecule has 0 fully saturated rings. The van der Waals surface area contributed by atoms with Gasteiger partial charge in [0.1, 0.15) is 0 Å². The zero-order chi connectivity index (χ0) is 13.8. The predicted molar refractivity (Wildman–Crippen MR) is 64.2 cm³/mol. The summed E-state index contributed by atoms with van der Waals surface area (Å²) in [6, 6.07) is 4.93. The SMILES string of the molecule is CCOC(C)C(N)Cc1cccc(C(F)(F)F)c1. The highest BCUT2D eigenvalue weighted by Crippen LogP contribution is 2.29. The second kappa shape index (κ2) is 6.20. The molecule has 2 nitrogen and oxygen atoms in total. The van der Waals surface area contributed by atoms with Gasteiger partial charge in [-0.3, -0.25) is 0 Å². The molecule has 0 aliphatic rings. The largest absolute Gasteiger partial charge is 0.416 e. The van der Waals surface area contributed by atoms with E-state index < -0.39 is 11.7 Å². The topological polar surface area (TPSA) is 35.2 Å². The highest BCUT2D eigenvalue weighted by molar-refractivity contribution is 5.26. The van der Waals surface area contributed by atoms with Crippen LogP contribution < -0.4 is 5.73 Å². The van der Waals surface area contributed by atoms with E-state index >= 15 is 0 Å². The van der Waals surface area contributed by atoms with Crippen molar-refractivity contribution in [3.05, 3.63) is 35.4 Å². The van der Waals surface area contributed by atoms with Gasteiger partial charge in [0.05, 0.1) is 11.7 Å². The first-order valence-corrected chi connectivity index (χ1v) is 5.88. The van der Waals surface area contributed by atoms with Gasteiger partial charge in [-0.15, -0.1) is 0 Å². The van der Waals surface area contributed by atoms with E-state index in [1.165, 1.54) is 6.07 Å². The van der Waals surface area contributed by atoms with Gasteiger partial charge >= 0.3 is 6.18 Å². The summed E-state index contributed by atoms with van der Waals surface area (Å²) in [7, 11) is 0. The lowest BCUT2D eigenvalue weighted by molar-refractivity contribution is -0.137. The number of rotatable bonds is 5. The smallest absolute Gasteiger partial charge is 0.377 e. The Labute approximate surface area is 105 Å². The molecule has 18 heavy (non-hydrogen) atoms. The van der Waals surface area contributed by atoms with Crippen LogP contribution in [0.2, 0.25) is 0 Å². The summed E-state index contributed by atoms with van der Waals surface area (Å²) < 4.78 is 42.9. The minimum atomic E-state index is -4.31. The van der Waals surface area contributed by atoms with E-state index in [0.29, 0.717) is 18.6 Å². The molecule has 0 amide bonds. The van der Waals surface area contributed by atoms with Crippen LogP contribution in [0.1, 0.15) is 25.0 Å². The highest BCUT2D eigenvalue weighted by Gasteiger charge is 2.30. The minimum Gasteiger partial charge on any atom is -0.377 e. The van der Waals surface area contributed by atoms with E-state index in [2.05, 4.69) is 0 Å². The van der Waals surface area contributed by atoms with Gasteiger partial charge in [0, 0.05) is 12.6 Å². The van der Waals surface area contributed by atoms with Crippen molar-refractivity contribution in [2.45, 2.75) is 38.6 Å². The third kappa shape index (κ3) is 4.31. The minimum absolute atomic E-state index is 0.176. The lowest BCUT2D eigenvalue weighted by Crippen LogP contribution is -2.36. The summed E-state index contributed by atoms with van der Waals surface area (Å²) in [5.41, 5.74) is 5.82. The highest BCUT2D eigenvalue weighted by atomic mass is 19.4. The molecule has 0 heterocycles. The summed E-state index contributed by atoms with van der Waals surface area (Å²) >= 11 is 0. The van der Waals surface area contributed by atoms with E-state index in [9.17, 15) is 13.2 Å². The second-order valence-corrected chi connectivity index (χ2v) is 4.23. The van der Waals surface area contributed by atoms with E-state index in [1.54, 1.807) is 6.07 Å². The molecule has 0 aliphatic heterocycles. The molecule has 1 aromatic rings. The van der Waals surface area contributed by atoms with Crippen molar-refractivity contribution in [3.63, 3.8) is 0 Å². The Hall–Kier alpha value is -1.07. The van der Waals surface area contributed by atoms with Crippen LogP contribution in [0.25, 0.3) is 0 Å². The van der Waals surface area contributed by atoms with Crippen LogP contribution in [0, 0.1) is 0 Å². The summed E-state index contributed by atoms with van der Waals surface area (Å²) in [6.45, 7) is 4.22. The molecule has 1 aromatic carbocycles. The van der Waals surface area contributed by atoms with Crippen LogP contribution in [-0.2, 0) is 17.3 Å². The van der Waals surface area contributed by atoms with Crippen LogP contribution in [0.3, 0.4) is 0 Å². The first kappa shape index (κ1) is 15.0. The van der Waals surface area contributed by atoms with Crippen LogP contribution in [-0.4, -0.2) is 18.8 Å². The summed E-state index contributed by atoms with van der Waals surface area (Å²) in [5, 5.41) is 0. The summed E-state index contributed by atoms with van der Waals surface area (Å²) in [4.78, 5) is 0. The quantitative estimate of drug-likeness (QED) is 0.884. The van der Waals surface area contributed by atoms with Crippen LogP contribution in [0.4, 0.5) is 13.2 Å². The number of halogens is 3. The first-order valence-electron chi connectivity index (χ1n) is 5.88. The Bertz CT molecular complexity index is 379. The molecule has 0 saturated heterocycles. The molecule has 102 valence electrons. The van der Waals surface area contributed by atoms with Crippen molar-refractivity contribution in [1.29, 1.82) is 0 Å². The second-order valence-electron chi connectivity index (χ2n) is 4.23. The molecular weight excluding hydrogens is 243 g/mol. The fraction of sp³-hybridized carbons (Fsp3) is 0.538. The molecule has 0 aliphatic carbocycles. The number of nitrogens with two attached hydrogens (primary N) is 1. The van der Waals surface area contributed by atoms with E-state index in [0.717, 1.165) is 12.1 Å². The predicted octanol–water partition coefficient (Wildman–Crippen LogP) is 3.00. The molecule has 0 spiro atoms. The van der Waals surface area contributed by atoms with Crippen molar-refractivity contribution in [1.82, 2.24) is 0 Å². The first-order chi connectivity index (χ1) is 8.34. The van der Waals surface area contributed by atoms with Crippen molar-refractivity contribution in [3.8, 4) is 0 Å². The van der Waals surface area contributed by atoms with E-state index in [-0.39, 0.29) is 12.1 Å². The van der Waals surface area contributed by atoms with Crippen molar-refractivity contribution >= 4 is 0 Å². The van der Waals surface area contributed by atoms with Gasteiger partial charge in [0.2, 0.25) is 0 Å². The maximum absolute atomic E-state index is 12.5. The maximum Gasteiger partial charge on any atom is 0.416 e. The number of benzene rings is 1. The third-order valence-electron chi connectivity index (χ3n) is 2.76. The molecule has 2 N–H and O–H groups in total. The molecule has 0 radical (unpaired) electrons. The lowest BCUT2D eigenvalue weighted by atomic mass is 10.0. The molecule has 5 heteroatoms. The average Bonchev–Trinajstić information content (AvgIpc) is 2.28. The third-order valence-corrected chi connectivity index (χ3v) is 2.76. The zero-order valence-electron chi connectivity index (χ0n) is 10.5. The molecular formula is C13H18F3NO. The van der Waals surface area contributed by atoms with Gasteiger partial charge in [-0.1, -0.05) is 18.2 Å². The van der Waals surface area contributed by atoms with Gasteiger partial charge in [-0.25, -0.2) is 0 Å². The van der Waals surface area contributed by atoms with E-state index in [4.69, 9.17) is 10.5 Å². The summed E-state index contributed by atoms with van der Waals surface area (Å²) in [6.07, 6.45) is -4.12. The van der Waals surface area contributed by atoms with Crippen LogP contribution >= 0.6 is 0 Å². The molecule has 0 bridgehead atoms. The Kier molecular flexibility index (Phi) is 5.16. The Morgan fingerprint density at radius 3 is 2.56 bits per heavy atom. The standard InChI is InChI=1S/C13H18F3NO/c1-3-18-9(2)12(17)8-10-5-4-6-11(7-10)13(14,15)16/h4-7,9,12H,3,8,17H2,1-2H3. The normalized spacial score (nSPS) is 15.4. The van der Waals surface area contributed by atoms with Gasteiger partial charge < -0.3 is 10.5 Å². The lowest BCUT2D eigenvalue weighted by Gasteiger charge is -2.20. The van der Waals surface area contributed by atoms with Crippen molar-refractivity contribution in [2.75, 3.05) is 6.61 Å². The number of ether oxygens (including phenoxy) is 1.